The van der Waals surface area contributed by atoms with Crippen LogP contribution in [0.4, 0.5) is 11.4 Å². The standard InChI is InChI=1S/C19H22N2O3/c1-11-9-12(2)17(13(3)10-11)21-18(22)14(4)24-19(23)15-5-7-16(20)8-6-15/h5-10,14H,20H2,1-4H3,(H,21,22)/t14-/m1/s1. The van der Waals surface area contributed by atoms with Crippen molar-refractivity contribution in [1.82, 2.24) is 0 Å². The lowest BCUT2D eigenvalue weighted by Crippen LogP contribution is -2.30. The molecule has 0 fully saturated rings. The van der Waals surface area contributed by atoms with Gasteiger partial charge in [0.1, 0.15) is 0 Å². The first kappa shape index (κ1) is 17.5. The molecule has 5 nitrogen and oxygen atoms in total. The Morgan fingerprint density at radius 2 is 1.58 bits per heavy atom. The van der Waals surface area contributed by atoms with Crippen LogP contribution < -0.4 is 11.1 Å². The van der Waals surface area contributed by atoms with Gasteiger partial charge in [-0.1, -0.05) is 17.7 Å². The number of ether oxygens (including phenoxy) is 1. The SMILES string of the molecule is Cc1cc(C)c(NC(=O)[C@@H](C)OC(=O)c2ccc(N)cc2)c(C)c1. The van der Waals surface area contributed by atoms with E-state index in [1.54, 1.807) is 31.2 Å². The number of esters is 1. The van der Waals surface area contributed by atoms with Gasteiger partial charge in [-0.05, 0) is 63.1 Å². The number of nitrogen functional groups attached to an aromatic ring is 1. The summed E-state index contributed by atoms with van der Waals surface area (Å²) in [5.41, 5.74) is 10.3. The highest BCUT2D eigenvalue weighted by Gasteiger charge is 2.20. The third-order valence-electron chi connectivity index (χ3n) is 3.72. The summed E-state index contributed by atoms with van der Waals surface area (Å²) in [6.45, 7) is 7.41. The molecule has 2 rings (SSSR count). The third-order valence-corrected chi connectivity index (χ3v) is 3.72. The molecule has 0 aliphatic heterocycles. The van der Waals surface area contributed by atoms with Crippen LogP contribution in [0, 0.1) is 20.8 Å². The number of nitrogens with two attached hydrogens (primary N) is 1. The number of hydrogen-bond donors (Lipinski definition) is 2. The predicted molar refractivity (Wildman–Crippen MR) is 95.0 cm³/mol. The molecule has 3 N–H and O–H groups in total. The second-order valence-electron chi connectivity index (χ2n) is 5.93. The molecule has 1 amide bonds. The molecule has 2 aromatic rings. The van der Waals surface area contributed by atoms with Crippen LogP contribution in [0.3, 0.4) is 0 Å². The molecule has 2 aromatic carbocycles. The molecule has 0 spiro atoms. The van der Waals surface area contributed by atoms with E-state index in [1.165, 1.54) is 0 Å². The fourth-order valence-electron chi connectivity index (χ4n) is 2.50. The van der Waals surface area contributed by atoms with Gasteiger partial charge in [0.15, 0.2) is 6.10 Å². The average Bonchev–Trinajstić information content (AvgIpc) is 2.51. The van der Waals surface area contributed by atoms with E-state index in [0.717, 1.165) is 22.4 Å². The zero-order valence-electron chi connectivity index (χ0n) is 14.3. The quantitative estimate of drug-likeness (QED) is 0.666. The normalized spacial score (nSPS) is 11.7. The van der Waals surface area contributed by atoms with Crippen molar-refractivity contribution in [3.63, 3.8) is 0 Å². The molecule has 0 saturated carbocycles. The van der Waals surface area contributed by atoms with Crippen LogP contribution in [0.15, 0.2) is 36.4 Å². The zero-order valence-corrected chi connectivity index (χ0v) is 14.3. The van der Waals surface area contributed by atoms with Gasteiger partial charge in [-0.3, -0.25) is 4.79 Å². The Morgan fingerprint density at radius 3 is 2.12 bits per heavy atom. The minimum Gasteiger partial charge on any atom is -0.449 e. The van der Waals surface area contributed by atoms with Gasteiger partial charge in [-0.25, -0.2) is 4.79 Å². The summed E-state index contributed by atoms with van der Waals surface area (Å²) >= 11 is 0. The molecule has 5 heteroatoms. The third kappa shape index (κ3) is 4.13. The summed E-state index contributed by atoms with van der Waals surface area (Å²) in [7, 11) is 0. The van der Waals surface area contributed by atoms with E-state index in [9.17, 15) is 9.59 Å². The Kier molecular flexibility index (Phi) is 5.24. The molecule has 0 saturated heterocycles. The Balaban J connectivity index is 2.05. The van der Waals surface area contributed by atoms with Gasteiger partial charge in [0.05, 0.1) is 5.56 Å². The fraction of sp³-hybridized carbons (Fsp3) is 0.263. The van der Waals surface area contributed by atoms with E-state index in [1.807, 2.05) is 32.9 Å². The van der Waals surface area contributed by atoms with Gasteiger partial charge < -0.3 is 15.8 Å². The fourth-order valence-corrected chi connectivity index (χ4v) is 2.50. The van der Waals surface area contributed by atoms with Crippen molar-refractivity contribution in [2.45, 2.75) is 33.8 Å². The summed E-state index contributed by atoms with van der Waals surface area (Å²) in [6, 6.07) is 10.3. The molecule has 1 atom stereocenters. The number of benzene rings is 2. The maximum Gasteiger partial charge on any atom is 0.338 e. The summed E-state index contributed by atoms with van der Waals surface area (Å²) in [5, 5.41) is 2.84. The highest BCUT2D eigenvalue weighted by molar-refractivity contribution is 5.98. The maximum atomic E-state index is 12.3. The first-order valence-corrected chi connectivity index (χ1v) is 7.73. The molecule has 126 valence electrons. The van der Waals surface area contributed by atoms with Crippen LogP contribution in [0.5, 0.6) is 0 Å². The number of rotatable bonds is 4. The van der Waals surface area contributed by atoms with E-state index in [-0.39, 0.29) is 5.91 Å². The van der Waals surface area contributed by atoms with Crippen molar-refractivity contribution in [1.29, 1.82) is 0 Å². The van der Waals surface area contributed by atoms with Crippen LogP contribution >= 0.6 is 0 Å². The molecular weight excluding hydrogens is 304 g/mol. The Hall–Kier alpha value is -2.82. The largest absolute Gasteiger partial charge is 0.449 e. The van der Waals surface area contributed by atoms with Crippen LogP contribution in [0.1, 0.15) is 34.0 Å². The lowest BCUT2D eigenvalue weighted by atomic mass is 10.0. The summed E-state index contributed by atoms with van der Waals surface area (Å²) < 4.78 is 5.22. The molecule has 0 aliphatic rings. The Bertz CT molecular complexity index is 744. The lowest BCUT2D eigenvalue weighted by molar-refractivity contribution is -0.123. The first-order valence-electron chi connectivity index (χ1n) is 7.73. The van der Waals surface area contributed by atoms with E-state index in [2.05, 4.69) is 5.32 Å². The van der Waals surface area contributed by atoms with Gasteiger partial charge in [0.2, 0.25) is 0 Å². The zero-order chi connectivity index (χ0) is 17.9. The molecule has 0 heterocycles. The minimum absolute atomic E-state index is 0.353. The van der Waals surface area contributed by atoms with Crippen molar-refractivity contribution in [2.75, 3.05) is 11.1 Å². The maximum absolute atomic E-state index is 12.3. The van der Waals surface area contributed by atoms with E-state index in [4.69, 9.17) is 10.5 Å². The highest BCUT2D eigenvalue weighted by Crippen LogP contribution is 2.22. The number of amides is 1. The summed E-state index contributed by atoms with van der Waals surface area (Å²) in [4.78, 5) is 24.4. The highest BCUT2D eigenvalue weighted by atomic mass is 16.5. The number of carbonyl (C=O) groups is 2. The van der Waals surface area contributed by atoms with Crippen LogP contribution in [-0.4, -0.2) is 18.0 Å². The molecule has 0 bridgehead atoms. The monoisotopic (exact) mass is 326 g/mol. The summed E-state index contributed by atoms with van der Waals surface area (Å²) in [5.74, 6) is -0.927. The Morgan fingerprint density at radius 1 is 1.04 bits per heavy atom. The second-order valence-corrected chi connectivity index (χ2v) is 5.93. The van der Waals surface area contributed by atoms with Gasteiger partial charge in [0, 0.05) is 11.4 Å². The van der Waals surface area contributed by atoms with Gasteiger partial charge in [0.25, 0.3) is 5.91 Å². The number of hydrogen-bond acceptors (Lipinski definition) is 4. The minimum atomic E-state index is -0.907. The molecule has 0 unspecified atom stereocenters. The van der Waals surface area contributed by atoms with Gasteiger partial charge >= 0.3 is 5.97 Å². The molecule has 0 aromatic heterocycles. The number of nitrogens with one attached hydrogen (secondary N) is 1. The van der Waals surface area contributed by atoms with Gasteiger partial charge in [-0.15, -0.1) is 0 Å². The average molecular weight is 326 g/mol. The topological polar surface area (TPSA) is 81.4 Å². The Labute approximate surface area is 141 Å². The molecule has 0 aliphatic carbocycles. The van der Waals surface area contributed by atoms with Crippen molar-refractivity contribution >= 4 is 23.3 Å². The van der Waals surface area contributed by atoms with Gasteiger partial charge in [-0.2, -0.15) is 0 Å². The smallest absolute Gasteiger partial charge is 0.338 e. The number of anilines is 2. The van der Waals surface area contributed by atoms with Crippen molar-refractivity contribution < 1.29 is 14.3 Å². The van der Waals surface area contributed by atoms with Crippen LogP contribution in [0.2, 0.25) is 0 Å². The van der Waals surface area contributed by atoms with E-state index < -0.39 is 12.1 Å². The first-order chi connectivity index (χ1) is 11.3. The summed E-state index contributed by atoms with van der Waals surface area (Å²) in [6.07, 6.45) is -0.907. The van der Waals surface area contributed by atoms with E-state index in [0.29, 0.717) is 11.3 Å². The molecule has 24 heavy (non-hydrogen) atoms. The number of aryl methyl sites for hydroxylation is 3. The van der Waals surface area contributed by atoms with Crippen molar-refractivity contribution in [3.05, 3.63) is 58.7 Å². The van der Waals surface area contributed by atoms with Crippen molar-refractivity contribution in [3.8, 4) is 0 Å². The lowest BCUT2D eigenvalue weighted by Gasteiger charge is -2.17. The van der Waals surface area contributed by atoms with E-state index >= 15 is 0 Å². The predicted octanol–water partition coefficient (Wildman–Crippen LogP) is 3.38. The van der Waals surface area contributed by atoms with Crippen molar-refractivity contribution in [2.24, 2.45) is 0 Å². The number of carbonyl (C=O) groups excluding carboxylic acids is 2. The van der Waals surface area contributed by atoms with Crippen LogP contribution in [-0.2, 0) is 9.53 Å². The van der Waals surface area contributed by atoms with Crippen LogP contribution in [0.25, 0.3) is 0 Å². The second kappa shape index (κ2) is 7.17. The molecular formula is C19H22N2O3. The molecule has 0 radical (unpaired) electrons.